The maximum absolute atomic E-state index is 12.3. The number of para-hydroxylation sites is 2. The number of thioether (sulfide) groups is 1. The monoisotopic (exact) mass is 459 g/mol. The number of ether oxygens (including phenoxy) is 1. The summed E-state index contributed by atoms with van der Waals surface area (Å²) in [5.74, 6) is 1.28. The van der Waals surface area contributed by atoms with Gasteiger partial charge in [-0.05, 0) is 48.5 Å². The molecule has 0 atom stereocenters. The second kappa shape index (κ2) is 10.5. The fraction of sp³-hybridized carbons (Fsp3) is 0.0833. The Bertz CT molecular complexity index is 1260. The van der Waals surface area contributed by atoms with Crippen molar-refractivity contribution in [3.05, 3.63) is 84.4 Å². The van der Waals surface area contributed by atoms with Crippen molar-refractivity contribution in [1.29, 1.82) is 0 Å². The molecule has 9 heteroatoms. The predicted octanol–water partition coefficient (Wildman–Crippen LogP) is 3.89. The molecule has 0 fully saturated rings. The summed E-state index contributed by atoms with van der Waals surface area (Å²) in [7, 11) is 1.62. The average Bonchev–Trinajstić information content (AvgIpc) is 3.28. The van der Waals surface area contributed by atoms with E-state index in [1.807, 2.05) is 59.2 Å². The van der Waals surface area contributed by atoms with E-state index in [-0.39, 0.29) is 17.4 Å². The van der Waals surface area contributed by atoms with Crippen LogP contribution in [-0.4, -0.2) is 44.9 Å². The van der Waals surface area contributed by atoms with E-state index in [4.69, 9.17) is 4.74 Å². The summed E-state index contributed by atoms with van der Waals surface area (Å²) in [4.78, 5) is 12.3. The van der Waals surface area contributed by atoms with Gasteiger partial charge in [0.1, 0.15) is 11.5 Å². The number of nitrogens with zero attached hydrogens (tertiary/aromatic N) is 4. The van der Waals surface area contributed by atoms with Crippen LogP contribution in [0.3, 0.4) is 0 Å². The molecule has 8 nitrogen and oxygen atoms in total. The Morgan fingerprint density at radius 2 is 1.79 bits per heavy atom. The third kappa shape index (κ3) is 5.39. The molecule has 0 aliphatic heterocycles. The van der Waals surface area contributed by atoms with Gasteiger partial charge in [0.05, 0.1) is 19.1 Å². The van der Waals surface area contributed by atoms with E-state index in [9.17, 15) is 9.90 Å². The van der Waals surface area contributed by atoms with Crippen molar-refractivity contribution < 1.29 is 14.6 Å². The number of amides is 1. The van der Waals surface area contributed by atoms with Crippen LogP contribution >= 0.6 is 11.8 Å². The highest BCUT2D eigenvalue weighted by molar-refractivity contribution is 7.99. The molecule has 1 amide bonds. The SMILES string of the molecule is COc1ccc(-c2nnc(SCC(=O)N/N=C/c3ccccc3O)n2-c2ccccc2)cc1. The quantitative estimate of drug-likeness (QED) is 0.235. The molecule has 166 valence electrons. The Kier molecular flexibility index (Phi) is 7.01. The second-order valence-corrected chi connectivity index (χ2v) is 7.79. The number of methoxy groups -OCH3 is 1. The molecule has 0 saturated carbocycles. The smallest absolute Gasteiger partial charge is 0.250 e. The van der Waals surface area contributed by atoms with E-state index in [1.54, 1.807) is 31.4 Å². The lowest BCUT2D eigenvalue weighted by Gasteiger charge is -2.10. The number of aromatic nitrogens is 3. The molecule has 1 heterocycles. The largest absolute Gasteiger partial charge is 0.507 e. The van der Waals surface area contributed by atoms with Gasteiger partial charge in [-0.2, -0.15) is 5.10 Å². The third-order valence-corrected chi connectivity index (χ3v) is 5.59. The summed E-state index contributed by atoms with van der Waals surface area (Å²) in [5.41, 5.74) is 4.73. The van der Waals surface area contributed by atoms with Crippen LogP contribution in [0.1, 0.15) is 5.56 Å². The standard InChI is InChI=1S/C24H21N5O3S/c1-32-20-13-11-17(12-14-20)23-27-28-24(29(23)19-8-3-2-4-9-19)33-16-22(31)26-25-15-18-7-5-6-10-21(18)30/h2-15,30H,16H2,1H3,(H,26,31)/b25-15+. The molecule has 0 aliphatic carbocycles. The fourth-order valence-corrected chi connectivity index (χ4v) is 3.78. The Morgan fingerprint density at radius 3 is 2.52 bits per heavy atom. The highest BCUT2D eigenvalue weighted by Crippen LogP contribution is 2.28. The van der Waals surface area contributed by atoms with Gasteiger partial charge in [0.15, 0.2) is 11.0 Å². The molecule has 0 bridgehead atoms. The maximum Gasteiger partial charge on any atom is 0.250 e. The van der Waals surface area contributed by atoms with E-state index < -0.39 is 0 Å². The zero-order chi connectivity index (χ0) is 23.0. The molecule has 0 spiro atoms. The maximum atomic E-state index is 12.3. The molecular formula is C24H21N5O3S. The number of hydrazone groups is 1. The number of aromatic hydroxyl groups is 1. The molecule has 0 unspecified atom stereocenters. The number of phenolic OH excluding ortho intramolecular Hbond substituents is 1. The molecule has 0 aliphatic rings. The summed E-state index contributed by atoms with van der Waals surface area (Å²) >= 11 is 1.25. The lowest BCUT2D eigenvalue weighted by molar-refractivity contribution is -0.118. The van der Waals surface area contributed by atoms with Gasteiger partial charge in [-0.3, -0.25) is 9.36 Å². The highest BCUT2D eigenvalue weighted by atomic mass is 32.2. The summed E-state index contributed by atoms with van der Waals surface area (Å²) in [6.45, 7) is 0. The summed E-state index contributed by atoms with van der Waals surface area (Å²) in [6.07, 6.45) is 1.39. The van der Waals surface area contributed by atoms with Crippen LogP contribution in [0.2, 0.25) is 0 Å². The Labute approximate surface area is 194 Å². The second-order valence-electron chi connectivity index (χ2n) is 6.85. The van der Waals surface area contributed by atoms with E-state index in [2.05, 4.69) is 20.7 Å². The topological polar surface area (TPSA) is 102 Å². The van der Waals surface area contributed by atoms with Gasteiger partial charge in [0, 0.05) is 16.8 Å². The molecular weight excluding hydrogens is 438 g/mol. The molecule has 2 N–H and O–H groups in total. The minimum atomic E-state index is -0.305. The van der Waals surface area contributed by atoms with Gasteiger partial charge >= 0.3 is 0 Å². The van der Waals surface area contributed by atoms with Crippen molar-refractivity contribution in [2.24, 2.45) is 5.10 Å². The number of benzene rings is 3. The predicted molar refractivity (Wildman–Crippen MR) is 128 cm³/mol. The van der Waals surface area contributed by atoms with E-state index >= 15 is 0 Å². The fourth-order valence-electron chi connectivity index (χ4n) is 3.03. The van der Waals surface area contributed by atoms with Crippen molar-refractivity contribution >= 4 is 23.9 Å². The first-order valence-corrected chi connectivity index (χ1v) is 11.0. The zero-order valence-electron chi connectivity index (χ0n) is 17.8. The molecule has 0 saturated heterocycles. The van der Waals surface area contributed by atoms with Crippen LogP contribution in [0.4, 0.5) is 0 Å². The van der Waals surface area contributed by atoms with Gasteiger partial charge in [0.25, 0.3) is 5.91 Å². The zero-order valence-corrected chi connectivity index (χ0v) is 18.6. The summed E-state index contributed by atoms with van der Waals surface area (Å²) < 4.78 is 7.15. The van der Waals surface area contributed by atoms with E-state index in [0.717, 1.165) is 17.0 Å². The third-order valence-electron chi connectivity index (χ3n) is 4.66. The molecule has 1 aromatic heterocycles. The number of carbonyl (C=O) groups excluding carboxylic acids is 1. The lowest BCUT2D eigenvalue weighted by atomic mass is 10.2. The normalized spacial score (nSPS) is 10.9. The molecule has 4 aromatic rings. The first-order chi connectivity index (χ1) is 16.2. The van der Waals surface area contributed by atoms with Gasteiger partial charge in [-0.15, -0.1) is 10.2 Å². The Balaban J connectivity index is 1.51. The Morgan fingerprint density at radius 1 is 1.06 bits per heavy atom. The van der Waals surface area contributed by atoms with Crippen LogP contribution in [0.5, 0.6) is 11.5 Å². The van der Waals surface area contributed by atoms with Crippen LogP contribution in [-0.2, 0) is 4.79 Å². The molecule has 3 aromatic carbocycles. The number of rotatable bonds is 8. The van der Waals surface area contributed by atoms with Crippen molar-refractivity contribution in [1.82, 2.24) is 20.2 Å². The van der Waals surface area contributed by atoms with Crippen LogP contribution in [0.15, 0.2) is 89.1 Å². The first-order valence-electron chi connectivity index (χ1n) is 10.0. The Hall–Kier alpha value is -4.11. The van der Waals surface area contributed by atoms with Crippen molar-refractivity contribution in [2.75, 3.05) is 12.9 Å². The highest BCUT2D eigenvalue weighted by Gasteiger charge is 2.17. The van der Waals surface area contributed by atoms with Crippen molar-refractivity contribution in [3.8, 4) is 28.6 Å². The van der Waals surface area contributed by atoms with Crippen molar-refractivity contribution in [2.45, 2.75) is 5.16 Å². The van der Waals surface area contributed by atoms with Crippen LogP contribution in [0.25, 0.3) is 17.1 Å². The average molecular weight is 460 g/mol. The number of hydrogen-bond donors (Lipinski definition) is 2. The van der Waals surface area contributed by atoms with Crippen LogP contribution < -0.4 is 10.2 Å². The number of hydrogen-bond acceptors (Lipinski definition) is 7. The van der Waals surface area contributed by atoms with Gasteiger partial charge in [-0.25, -0.2) is 5.43 Å². The van der Waals surface area contributed by atoms with E-state index in [1.165, 1.54) is 18.0 Å². The van der Waals surface area contributed by atoms with Gasteiger partial charge in [0.2, 0.25) is 0 Å². The van der Waals surface area contributed by atoms with Crippen LogP contribution in [0, 0.1) is 0 Å². The molecule has 4 rings (SSSR count). The number of phenols is 1. The molecule has 0 radical (unpaired) electrons. The lowest BCUT2D eigenvalue weighted by Crippen LogP contribution is -2.20. The molecule has 33 heavy (non-hydrogen) atoms. The first kappa shape index (κ1) is 22.1. The van der Waals surface area contributed by atoms with Crippen molar-refractivity contribution in [3.63, 3.8) is 0 Å². The number of carbonyl (C=O) groups is 1. The van der Waals surface area contributed by atoms with Gasteiger partial charge < -0.3 is 9.84 Å². The van der Waals surface area contributed by atoms with Gasteiger partial charge in [-0.1, -0.05) is 42.1 Å². The minimum absolute atomic E-state index is 0.0890. The van der Waals surface area contributed by atoms with E-state index in [0.29, 0.717) is 16.5 Å². The number of nitrogens with one attached hydrogen (secondary N) is 1. The summed E-state index contributed by atoms with van der Waals surface area (Å²) in [5, 5.41) is 22.9. The summed E-state index contributed by atoms with van der Waals surface area (Å²) in [6, 6.07) is 24.0. The minimum Gasteiger partial charge on any atom is -0.507 e.